The average Bonchev–Trinajstić information content (AvgIpc) is 3.23. The normalized spacial score (nSPS) is 17.9. The Bertz CT molecular complexity index is 1200. The summed E-state index contributed by atoms with van der Waals surface area (Å²) >= 11 is 0. The molecule has 3 rings (SSSR count). The van der Waals surface area contributed by atoms with Crippen LogP contribution in [0.15, 0.2) is 45.9 Å². The van der Waals surface area contributed by atoms with E-state index in [1.165, 1.54) is 38.9 Å². The number of rotatable bonds is 8. The number of aromatic nitrogens is 1. The molecule has 0 saturated carbocycles. The van der Waals surface area contributed by atoms with Gasteiger partial charge in [-0.15, -0.1) is 0 Å². The van der Waals surface area contributed by atoms with Crippen molar-refractivity contribution in [2.45, 2.75) is 92.1 Å². The quantitative estimate of drug-likeness (QED) is 0.222. The van der Waals surface area contributed by atoms with Crippen molar-refractivity contribution in [1.29, 1.82) is 0 Å². The minimum Gasteiger partial charge on any atom is -0.389 e. The molecule has 0 bridgehead atoms. The number of aromatic amines is 1. The van der Waals surface area contributed by atoms with Crippen molar-refractivity contribution in [2.24, 2.45) is 9.98 Å². The number of piperidine rings is 1. The summed E-state index contributed by atoms with van der Waals surface area (Å²) in [6, 6.07) is 7.02. The molecule has 2 heterocycles. The van der Waals surface area contributed by atoms with Gasteiger partial charge in [0.05, 0.1) is 5.60 Å². The highest BCUT2D eigenvalue weighted by atomic mass is 16.3. The first kappa shape index (κ1) is 29.1. The number of aliphatic imine (C=N–C) groups is 2. The molecule has 0 radical (unpaired) electrons. The van der Waals surface area contributed by atoms with Gasteiger partial charge in [-0.05, 0) is 119 Å². The van der Waals surface area contributed by atoms with E-state index in [-0.39, 0.29) is 0 Å². The number of amidine groups is 1. The number of β-amino-alcohol motifs (C(OH)–C–C–N with tert-alkyl or cyclic N) is 1. The Morgan fingerprint density at radius 2 is 1.89 bits per heavy atom. The first-order chi connectivity index (χ1) is 17.5. The van der Waals surface area contributed by atoms with Gasteiger partial charge in [0, 0.05) is 35.9 Å². The summed E-state index contributed by atoms with van der Waals surface area (Å²) in [5, 5.41) is 11.5. The average molecular weight is 505 g/mol. The Morgan fingerprint density at radius 1 is 1.22 bits per heavy atom. The maximum Gasteiger partial charge on any atom is 0.120 e. The molecule has 1 saturated heterocycles. The van der Waals surface area contributed by atoms with E-state index < -0.39 is 5.60 Å². The third-order valence-corrected chi connectivity index (χ3v) is 7.49. The molecule has 1 aliphatic rings. The molecule has 5 nitrogen and oxygen atoms in total. The number of nitrogens with zero attached hydrogens (tertiary/aromatic N) is 3. The lowest BCUT2D eigenvalue weighted by Gasteiger charge is -2.35. The molecule has 202 valence electrons. The summed E-state index contributed by atoms with van der Waals surface area (Å²) in [5.41, 5.74) is 8.04. The van der Waals surface area contributed by atoms with Gasteiger partial charge in [0.2, 0.25) is 0 Å². The SMILES string of the molecule is C/C=C(\C=C(\C)C(CC)=NC(C)=NC)c1[nH]c2ccc(C3CCN(CC(C)(C)O)CC3)cc2c1C(C)C. The zero-order valence-corrected chi connectivity index (χ0v) is 24.6. The lowest BCUT2D eigenvalue weighted by Crippen LogP contribution is -2.42. The van der Waals surface area contributed by atoms with E-state index in [1.54, 1.807) is 7.05 Å². The van der Waals surface area contributed by atoms with Gasteiger partial charge in [-0.2, -0.15) is 0 Å². The fourth-order valence-electron chi connectivity index (χ4n) is 5.59. The van der Waals surface area contributed by atoms with Crippen molar-refractivity contribution in [2.75, 3.05) is 26.7 Å². The second kappa shape index (κ2) is 12.4. The lowest BCUT2D eigenvalue weighted by molar-refractivity contribution is 0.0282. The van der Waals surface area contributed by atoms with Crippen LogP contribution in [-0.2, 0) is 0 Å². The zero-order chi connectivity index (χ0) is 27.3. The summed E-state index contributed by atoms with van der Waals surface area (Å²) in [6.07, 6.45) is 7.61. The Kier molecular flexibility index (Phi) is 9.71. The van der Waals surface area contributed by atoms with Gasteiger partial charge >= 0.3 is 0 Å². The van der Waals surface area contributed by atoms with Gasteiger partial charge in [-0.1, -0.05) is 32.9 Å². The lowest BCUT2D eigenvalue weighted by atomic mass is 9.87. The van der Waals surface area contributed by atoms with Gasteiger partial charge in [-0.25, -0.2) is 4.99 Å². The predicted octanol–water partition coefficient (Wildman–Crippen LogP) is 7.49. The molecule has 2 N–H and O–H groups in total. The van der Waals surface area contributed by atoms with Crippen LogP contribution in [-0.4, -0.2) is 58.8 Å². The number of benzene rings is 1. The highest BCUT2D eigenvalue weighted by molar-refractivity contribution is 6.08. The van der Waals surface area contributed by atoms with Crippen molar-refractivity contribution in [3.63, 3.8) is 0 Å². The fourth-order valence-corrected chi connectivity index (χ4v) is 5.59. The summed E-state index contributed by atoms with van der Waals surface area (Å²) < 4.78 is 0. The topological polar surface area (TPSA) is 64.0 Å². The molecule has 0 amide bonds. The number of aliphatic hydroxyl groups is 1. The van der Waals surface area contributed by atoms with E-state index in [0.29, 0.717) is 11.8 Å². The first-order valence-electron chi connectivity index (χ1n) is 13.9. The standard InChI is InChI=1S/C32H48N4O/c1-10-24(18-22(5)28(11-2)34-23(6)33-9)31-30(21(3)4)27-19-26(12-13-29(27)35-31)25-14-16-36(17-15-25)20-32(7,8)37/h10,12-13,18-19,21,25,35,37H,11,14-17,20H2,1-9H3/b22-18-,24-10+,33-23?,34-28?. The minimum atomic E-state index is -0.636. The van der Waals surface area contributed by atoms with E-state index in [4.69, 9.17) is 4.99 Å². The molecular formula is C32H48N4O. The van der Waals surface area contributed by atoms with Crippen LogP contribution in [0, 0.1) is 0 Å². The Morgan fingerprint density at radius 3 is 2.43 bits per heavy atom. The minimum absolute atomic E-state index is 0.394. The summed E-state index contributed by atoms with van der Waals surface area (Å²) in [7, 11) is 1.79. The van der Waals surface area contributed by atoms with Gasteiger partial charge in [0.15, 0.2) is 0 Å². The molecule has 0 aliphatic carbocycles. The van der Waals surface area contributed by atoms with Crippen molar-refractivity contribution < 1.29 is 5.11 Å². The van der Waals surface area contributed by atoms with Crippen molar-refractivity contribution in [3.8, 4) is 0 Å². The van der Waals surface area contributed by atoms with Crippen molar-refractivity contribution in [1.82, 2.24) is 9.88 Å². The van der Waals surface area contributed by atoms with Gasteiger partial charge < -0.3 is 15.0 Å². The Labute approximate surface area is 224 Å². The number of hydrogen-bond donors (Lipinski definition) is 2. The smallest absolute Gasteiger partial charge is 0.120 e. The Hall–Kier alpha value is -2.50. The number of nitrogens with one attached hydrogen (secondary N) is 1. The molecular weight excluding hydrogens is 456 g/mol. The molecule has 1 aromatic heterocycles. The summed E-state index contributed by atoms with van der Waals surface area (Å²) in [5.74, 6) is 1.76. The largest absolute Gasteiger partial charge is 0.389 e. The molecule has 2 aromatic rings. The van der Waals surface area contributed by atoms with Crippen molar-refractivity contribution >= 4 is 28.0 Å². The van der Waals surface area contributed by atoms with Crippen LogP contribution in [0.1, 0.15) is 103 Å². The molecule has 0 unspecified atom stereocenters. The molecule has 5 heteroatoms. The molecule has 0 spiro atoms. The molecule has 0 atom stereocenters. The van der Waals surface area contributed by atoms with E-state index in [2.05, 4.69) is 79.8 Å². The zero-order valence-electron chi connectivity index (χ0n) is 24.6. The van der Waals surface area contributed by atoms with Crippen LogP contribution >= 0.6 is 0 Å². The molecule has 1 aromatic carbocycles. The third kappa shape index (κ3) is 7.30. The highest BCUT2D eigenvalue weighted by Crippen LogP contribution is 2.37. The summed E-state index contributed by atoms with van der Waals surface area (Å²) in [6.45, 7) is 19.6. The van der Waals surface area contributed by atoms with Crippen LogP contribution in [0.5, 0.6) is 0 Å². The third-order valence-electron chi connectivity index (χ3n) is 7.49. The molecule has 37 heavy (non-hydrogen) atoms. The first-order valence-corrected chi connectivity index (χ1v) is 13.9. The van der Waals surface area contributed by atoms with Crippen LogP contribution in [0.25, 0.3) is 16.5 Å². The predicted molar refractivity (Wildman–Crippen MR) is 161 cm³/mol. The maximum atomic E-state index is 10.2. The monoisotopic (exact) mass is 504 g/mol. The van der Waals surface area contributed by atoms with Crippen LogP contribution in [0.3, 0.4) is 0 Å². The number of allylic oxidation sites excluding steroid dienone is 4. The van der Waals surface area contributed by atoms with E-state index in [9.17, 15) is 5.11 Å². The molecule has 1 aliphatic heterocycles. The number of H-pyrrole nitrogens is 1. The van der Waals surface area contributed by atoms with Crippen LogP contribution < -0.4 is 0 Å². The van der Waals surface area contributed by atoms with E-state index in [1.807, 2.05) is 20.8 Å². The number of hydrogen-bond acceptors (Lipinski definition) is 3. The number of fused-ring (bicyclic) bond motifs is 1. The van der Waals surface area contributed by atoms with E-state index in [0.717, 1.165) is 50.4 Å². The summed E-state index contributed by atoms with van der Waals surface area (Å²) in [4.78, 5) is 15.1. The Balaban J connectivity index is 1.95. The fraction of sp³-hybridized carbons (Fsp3) is 0.562. The van der Waals surface area contributed by atoms with Crippen molar-refractivity contribution in [3.05, 3.63) is 52.7 Å². The maximum absolute atomic E-state index is 10.2. The van der Waals surface area contributed by atoms with Gasteiger partial charge in [-0.3, -0.25) is 4.99 Å². The second-order valence-corrected chi connectivity index (χ2v) is 11.5. The van der Waals surface area contributed by atoms with E-state index >= 15 is 0 Å². The second-order valence-electron chi connectivity index (χ2n) is 11.5. The molecule has 1 fully saturated rings. The van der Waals surface area contributed by atoms with Crippen LogP contribution in [0.2, 0.25) is 0 Å². The number of likely N-dealkylation sites (tertiary alicyclic amines) is 1. The van der Waals surface area contributed by atoms with Gasteiger partial charge in [0.25, 0.3) is 0 Å². The highest BCUT2D eigenvalue weighted by Gasteiger charge is 2.26. The van der Waals surface area contributed by atoms with Crippen LogP contribution in [0.4, 0.5) is 0 Å². The van der Waals surface area contributed by atoms with Gasteiger partial charge in [0.1, 0.15) is 5.84 Å².